The maximum absolute atomic E-state index is 11.7. The van der Waals surface area contributed by atoms with Crippen molar-refractivity contribution in [2.45, 2.75) is 25.4 Å². The topological polar surface area (TPSA) is 61.6 Å². The predicted molar refractivity (Wildman–Crippen MR) is 88.6 cm³/mol. The van der Waals surface area contributed by atoms with Crippen LogP contribution in [-0.4, -0.2) is 43.5 Å². The third kappa shape index (κ3) is 2.56. The summed E-state index contributed by atoms with van der Waals surface area (Å²) in [6, 6.07) is 4.03. The SMILES string of the molecule is CCC1CN(c2cc3c(cc2Br)C(N)C(=O)N3)CCN1C. The summed E-state index contributed by atoms with van der Waals surface area (Å²) in [4.78, 5) is 16.5. The number of nitrogens with zero attached hydrogens (tertiary/aromatic N) is 2. The molecular formula is C15H21BrN4O. The molecule has 2 heterocycles. The first-order chi connectivity index (χ1) is 10.0. The maximum Gasteiger partial charge on any atom is 0.245 e. The van der Waals surface area contributed by atoms with Gasteiger partial charge in [-0.3, -0.25) is 9.69 Å². The second kappa shape index (κ2) is 5.59. The van der Waals surface area contributed by atoms with E-state index in [1.54, 1.807) is 0 Å². The van der Waals surface area contributed by atoms with Gasteiger partial charge in [0.25, 0.3) is 0 Å². The third-order valence-corrected chi connectivity index (χ3v) is 5.22. The Kier molecular flexibility index (Phi) is 3.94. The fourth-order valence-electron chi connectivity index (χ4n) is 3.14. The Morgan fingerprint density at radius 1 is 1.43 bits per heavy atom. The lowest BCUT2D eigenvalue weighted by molar-refractivity contribution is -0.116. The number of hydrogen-bond acceptors (Lipinski definition) is 4. The molecule has 1 aromatic rings. The first-order valence-electron chi connectivity index (χ1n) is 7.36. The second-order valence-electron chi connectivity index (χ2n) is 5.85. The van der Waals surface area contributed by atoms with Crippen LogP contribution in [0.1, 0.15) is 24.9 Å². The Balaban J connectivity index is 1.90. The zero-order chi connectivity index (χ0) is 15.1. The lowest BCUT2D eigenvalue weighted by Crippen LogP contribution is -2.51. The van der Waals surface area contributed by atoms with Gasteiger partial charge in [0.2, 0.25) is 5.91 Å². The average molecular weight is 353 g/mol. The number of carbonyl (C=O) groups is 1. The van der Waals surface area contributed by atoms with E-state index in [2.05, 4.69) is 45.0 Å². The van der Waals surface area contributed by atoms with Crippen LogP contribution in [0.3, 0.4) is 0 Å². The zero-order valence-electron chi connectivity index (χ0n) is 12.4. The Morgan fingerprint density at radius 3 is 2.90 bits per heavy atom. The number of amides is 1. The van der Waals surface area contributed by atoms with Crippen LogP contribution < -0.4 is 16.0 Å². The molecule has 3 rings (SSSR count). The molecule has 2 aliphatic rings. The van der Waals surface area contributed by atoms with Crippen LogP contribution in [0.15, 0.2) is 16.6 Å². The minimum absolute atomic E-state index is 0.126. The highest BCUT2D eigenvalue weighted by Crippen LogP contribution is 2.38. The van der Waals surface area contributed by atoms with Crippen molar-refractivity contribution in [3.8, 4) is 0 Å². The van der Waals surface area contributed by atoms with Crippen molar-refractivity contribution in [3.05, 3.63) is 22.2 Å². The molecule has 0 aliphatic carbocycles. The predicted octanol–water partition coefficient (Wildman–Crippen LogP) is 1.93. The van der Waals surface area contributed by atoms with E-state index < -0.39 is 6.04 Å². The van der Waals surface area contributed by atoms with Crippen molar-refractivity contribution in [3.63, 3.8) is 0 Å². The van der Waals surface area contributed by atoms with Crippen LogP contribution in [-0.2, 0) is 4.79 Å². The molecule has 1 fully saturated rings. The summed E-state index contributed by atoms with van der Waals surface area (Å²) in [5.41, 5.74) is 8.75. The summed E-state index contributed by atoms with van der Waals surface area (Å²) in [6.45, 7) is 5.27. The molecule has 0 aromatic heterocycles. The van der Waals surface area contributed by atoms with Crippen molar-refractivity contribution in [1.82, 2.24) is 4.90 Å². The van der Waals surface area contributed by atoms with Crippen molar-refractivity contribution in [2.75, 3.05) is 36.9 Å². The number of anilines is 2. The largest absolute Gasteiger partial charge is 0.368 e. The van der Waals surface area contributed by atoms with Crippen LogP contribution in [0.5, 0.6) is 0 Å². The van der Waals surface area contributed by atoms with Gasteiger partial charge < -0.3 is 16.0 Å². The Morgan fingerprint density at radius 2 is 2.19 bits per heavy atom. The highest BCUT2D eigenvalue weighted by Gasteiger charge is 2.30. The monoisotopic (exact) mass is 352 g/mol. The zero-order valence-corrected chi connectivity index (χ0v) is 14.0. The van der Waals surface area contributed by atoms with E-state index >= 15 is 0 Å². The minimum Gasteiger partial charge on any atom is -0.368 e. The molecule has 1 amide bonds. The fourth-order valence-corrected chi connectivity index (χ4v) is 3.75. The number of carbonyl (C=O) groups excluding carboxylic acids is 1. The minimum atomic E-state index is -0.554. The number of hydrogen-bond donors (Lipinski definition) is 2. The maximum atomic E-state index is 11.7. The summed E-state index contributed by atoms with van der Waals surface area (Å²) in [6.07, 6.45) is 1.14. The molecule has 1 saturated heterocycles. The van der Waals surface area contributed by atoms with Crippen LogP contribution in [0.2, 0.25) is 0 Å². The fraction of sp³-hybridized carbons (Fsp3) is 0.533. The lowest BCUT2D eigenvalue weighted by Gasteiger charge is -2.40. The van der Waals surface area contributed by atoms with Gasteiger partial charge in [0.05, 0.1) is 5.69 Å². The molecule has 5 nitrogen and oxygen atoms in total. The van der Waals surface area contributed by atoms with E-state index in [0.29, 0.717) is 6.04 Å². The van der Waals surface area contributed by atoms with E-state index in [9.17, 15) is 4.79 Å². The standard InChI is InChI=1S/C15H21BrN4O/c1-3-9-8-20(5-4-19(9)2)13-7-12-10(6-11(13)16)14(17)15(21)18-12/h6-7,9,14H,3-5,8,17H2,1-2H3,(H,18,21). The number of fused-ring (bicyclic) bond motifs is 1. The van der Waals surface area contributed by atoms with E-state index in [1.165, 1.54) is 0 Å². The smallest absolute Gasteiger partial charge is 0.245 e. The molecule has 2 aliphatic heterocycles. The van der Waals surface area contributed by atoms with Gasteiger partial charge >= 0.3 is 0 Å². The quantitative estimate of drug-likeness (QED) is 0.853. The second-order valence-corrected chi connectivity index (χ2v) is 6.70. The van der Waals surface area contributed by atoms with Gasteiger partial charge in [-0.15, -0.1) is 0 Å². The number of nitrogens with one attached hydrogen (secondary N) is 1. The highest BCUT2D eigenvalue weighted by molar-refractivity contribution is 9.10. The summed E-state index contributed by atoms with van der Waals surface area (Å²) in [5.74, 6) is -0.126. The van der Waals surface area contributed by atoms with Crippen LogP contribution in [0.4, 0.5) is 11.4 Å². The van der Waals surface area contributed by atoms with E-state index in [0.717, 1.165) is 47.5 Å². The van der Waals surface area contributed by atoms with Gasteiger partial charge in [-0.1, -0.05) is 6.92 Å². The van der Waals surface area contributed by atoms with Gasteiger partial charge in [0.1, 0.15) is 6.04 Å². The molecular weight excluding hydrogens is 332 g/mol. The number of piperazine rings is 1. The Labute approximate surface area is 133 Å². The highest BCUT2D eigenvalue weighted by atomic mass is 79.9. The molecule has 0 spiro atoms. The van der Waals surface area contributed by atoms with Gasteiger partial charge in [-0.05, 0) is 41.5 Å². The number of halogens is 1. The van der Waals surface area contributed by atoms with Gasteiger partial charge in [-0.25, -0.2) is 0 Å². The summed E-state index contributed by atoms with van der Waals surface area (Å²) >= 11 is 3.64. The van der Waals surface area contributed by atoms with Crippen molar-refractivity contribution >= 4 is 33.2 Å². The van der Waals surface area contributed by atoms with E-state index in [-0.39, 0.29) is 5.91 Å². The van der Waals surface area contributed by atoms with Gasteiger partial charge in [0, 0.05) is 41.4 Å². The summed E-state index contributed by atoms with van der Waals surface area (Å²) in [7, 11) is 2.18. The first kappa shape index (κ1) is 14.8. The third-order valence-electron chi connectivity index (χ3n) is 4.58. The number of likely N-dealkylation sites (N-methyl/N-ethyl adjacent to an activating group) is 1. The molecule has 0 radical (unpaired) electrons. The van der Waals surface area contributed by atoms with Crippen molar-refractivity contribution < 1.29 is 4.79 Å². The molecule has 21 heavy (non-hydrogen) atoms. The number of rotatable bonds is 2. The molecule has 3 N–H and O–H groups in total. The number of nitrogens with two attached hydrogens (primary N) is 1. The summed E-state index contributed by atoms with van der Waals surface area (Å²) < 4.78 is 1.01. The first-order valence-corrected chi connectivity index (χ1v) is 8.15. The molecule has 0 bridgehead atoms. The van der Waals surface area contributed by atoms with Gasteiger partial charge in [-0.2, -0.15) is 0 Å². The Hall–Kier alpha value is -1.11. The normalized spacial score (nSPS) is 25.9. The molecule has 114 valence electrons. The molecule has 0 saturated carbocycles. The summed E-state index contributed by atoms with van der Waals surface area (Å²) in [5, 5.41) is 2.87. The lowest BCUT2D eigenvalue weighted by atomic mass is 10.1. The van der Waals surface area contributed by atoms with E-state index in [1.807, 2.05) is 12.1 Å². The average Bonchev–Trinajstić information content (AvgIpc) is 2.74. The Bertz CT molecular complexity index is 577. The molecule has 2 atom stereocenters. The van der Waals surface area contributed by atoms with Crippen LogP contribution >= 0.6 is 15.9 Å². The van der Waals surface area contributed by atoms with Crippen LogP contribution in [0, 0.1) is 0 Å². The number of benzene rings is 1. The van der Waals surface area contributed by atoms with E-state index in [4.69, 9.17) is 5.73 Å². The molecule has 6 heteroatoms. The van der Waals surface area contributed by atoms with Crippen molar-refractivity contribution in [2.24, 2.45) is 5.73 Å². The molecule has 1 aromatic carbocycles. The van der Waals surface area contributed by atoms with Crippen LogP contribution in [0.25, 0.3) is 0 Å². The van der Waals surface area contributed by atoms with Gasteiger partial charge in [0.15, 0.2) is 0 Å². The van der Waals surface area contributed by atoms with Crippen molar-refractivity contribution in [1.29, 1.82) is 0 Å². The molecule has 2 unspecified atom stereocenters.